The molecule has 19 heavy (non-hydrogen) atoms. The predicted molar refractivity (Wildman–Crippen MR) is 75.4 cm³/mol. The van der Waals surface area contributed by atoms with Crippen molar-refractivity contribution in [1.29, 1.82) is 0 Å². The molecule has 3 aromatic rings. The first-order valence-electron chi connectivity index (χ1n) is 6.11. The van der Waals surface area contributed by atoms with E-state index in [1.54, 1.807) is 6.07 Å². The van der Waals surface area contributed by atoms with Crippen molar-refractivity contribution in [2.24, 2.45) is 0 Å². The van der Waals surface area contributed by atoms with Gasteiger partial charge in [-0.2, -0.15) is 0 Å². The average molecular weight is 252 g/mol. The van der Waals surface area contributed by atoms with Gasteiger partial charge in [-0.25, -0.2) is 4.39 Å². The lowest BCUT2D eigenvalue weighted by Gasteiger charge is -2.07. The zero-order valence-electron chi connectivity index (χ0n) is 10.3. The summed E-state index contributed by atoms with van der Waals surface area (Å²) in [7, 11) is 0. The van der Waals surface area contributed by atoms with Crippen LogP contribution in [0.2, 0.25) is 0 Å². The van der Waals surface area contributed by atoms with Crippen LogP contribution < -0.4 is 5.73 Å². The zero-order valence-corrected chi connectivity index (χ0v) is 10.3. The quantitative estimate of drug-likeness (QED) is 0.708. The van der Waals surface area contributed by atoms with E-state index < -0.39 is 0 Å². The Morgan fingerprint density at radius 2 is 1.79 bits per heavy atom. The first-order valence-corrected chi connectivity index (χ1v) is 6.11. The number of pyridine rings is 1. The highest BCUT2D eigenvalue weighted by Crippen LogP contribution is 2.20. The second kappa shape index (κ2) is 4.69. The van der Waals surface area contributed by atoms with E-state index >= 15 is 0 Å². The van der Waals surface area contributed by atoms with E-state index in [9.17, 15) is 4.39 Å². The monoisotopic (exact) mass is 252 g/mol. The Morgan fingerprint density at radius 1 is 0.947 bits per heavy atom. The number of benzene rings is 2. The van der Waals surface area contributed by atoms with Crippen LogP contribution in [-0.2, 0) is 6.42 Å². The second-order valence-electron chi connectivity index (χ2n) is 4.48. The fraction of sp³-hybridized carbons (Fsp3) is 0.0625. The highest BCUT2D eigenvalue weighted by molar-refractivity contribution is 5.78. The molecule has 0 fully saturated rings. The predicted octanol–water partition coefficient (Wildman–Crippen LogP) is 3.55. The first-order chi connectivity index (χ1) is 9.24. The maximum atomic E-state index is 13.4. The normalized spacial score (nSPS) is 10.8. The van der Waals surface area contributed by atoms with Gasteiger partial charge in [-0.1, -0.05) is 36.4 Å². The molecule has 0 aliphatic carbocycles. The number of hydrogen-bond acceptors (Lipinski definition) is 2. The van der Waals surface area contributed by atoms with Gasteiger partial charge >= 0.3 is 0 Å². The van der Waals surface area contributed by atoms with Crippen molar-refractivity contribution in [3.63, 3.8) is 0 Å². The first kappa shape index (κ1) is 11.7. The molecule has 0 bridgehead atoms. The largest absolute Gasteiger partial charge is 0.396 e. The van der Waals surface area contributed by atoms with Crippen molar-refractivity contribution >= 4 is 16.6 Å². The number of aromatic nitrogens is 1. The minimum atomic E-state index is -0.377. The Morgan fingerprint density at radius 3 is 2.68 bits per heavy atom. The van der Waals surface area contributed by atoms with Gasteiger partial charge in [0.05, 0.1) is 11.2 Å². The summed E-state index contributed by atoms with van der Waals surface area (Å²) in [4.78, 5) is 4.56. The maximum absolute atomic E-state index is 13.4. The highest BCUT2D eigenvalue weighted by atomic mass is 19.1. The molecular weight excluding hydrogens is 239 g/mol. The molecule has 2 aromatic carbocycles. The molecule has 2 N–H and O–H groups in total. The van der Waals surface area contributed by atoms with Crippen LogP contribution in [0.1, 0.15) is 11.3 Å². The topological polar surface area (TPSA) is 38.9 Å². The third kappa shape index (κ3) is 2.27. The molecule has 94 valence electrons. The smallest absolute Gasteiger partial charge is 0.146 e. The third-order valence-electron chi connectivity index (χ3n) is 3.17. The fourth-order valence-corrected chi connectivity index (χ4v) is 2.14. The number of para-hydroxylation sites is 2. The van der Waals surface area contributed by atoms with Gasteiger partial charge in [0.1, 0.15) is 5.82 Å². The summed E-state index contributed by atoms with van der Waals surface area (Å²) in [6.45, 7) is 0. The Bertz CT molecular complexity index is 738. The fourth-order valence-electron chi connectivity index (χ4n) is 2.14. The number of nitrogens with zero attached hydrogens (tertiary/aromatic N) is 1. The molecule has 0 aliphatic rings. The molecule has 3 heteroatoms. The van der Waals surface area contributed by atoms with Crippen molar-refractivity contribution in [3.8, 4) is 0 Å². The van der Waals surface area contributed by atoms with Gasteiger partial charge in [0.25, 0.3) is 0 Å². The molecule has 0 unspecified atom stereocenters. The zero-order chi connectivity index (χ0) is 13.2. The van der Waals surface area contributed by atoms with Crippen LogP contribution in [0.4, 0.5) is 10.1 Å². The van der Waals surface area contributed by atoms with E-state index in [0.717, 1.165) is 22.2 Å². The minimum Gasteiger partial charge on any atom is -0.396 e. The lowest BCUT2D eigenvalue weighted by atomic mass is 10.1. The summed E-state index contributed by atoms with van der Waals surface area (Å²) in [5.41, 5.74) is 8.54. The highest BCUT2D eigenvalue weighted by Gasteiger charge is 2.06. The van der Waals surface area contributed by atoms with E-state index in [-0.39, 0.29) is 11.5 Å². The number of fused-ring (bicyclic) bond motifs is 1. The molecule has 0 saturated heterocycles. The molecule has 0 aliphatic heterocycles. The van der Waals surface area contributed by atoms with Crippen LogP contribution in [0.25, 0.3) is 10.9 Å². The summed E-state index contributed by atoms with van der Waals surface area (Å²) in [5, 5.41) is 1.10. The van der Waals surface area contributed by atoms with E-state index in [0.29, 0.717) is 6.42 Å². The molecule has 0 spiro atoms. The van der Waals surface area contributed by atoms with Crippen molar-refractivity contribution in [2.75, 3.05) is 5.73 Å². The summed E-state index contributed by atoms with van der Waals surface area (Å²) in [6, 6.07) is 16.8. The number of anilines is 1. The molecule has 1 aromatic heterocycles. The molecule has 0 saturated carbocycles. The summed E-state index contributed by atoms with van der Waals surface area (Å²) >= 11 is 0. The molecular formula is C16H13FN2. The van der Waals surface area contributed by atoms with E-state index in [2.05, 4.69) is 4.98 Å². The van der Waals surface area contributed by atoms with Crippen molar-refractivity contribution < 1.29 is 4.39 Å². The maximum Gasteiger partial charge on any atom is 0.146 e. The number of nitrogens with two attached hydrogens (primary N) is 1. The van der Waals surface area contributed by atoms with Crippen LogP contribution in [-0.4, -0.2) is 4.98 Å². The summed E-state index contributed by atoms with van der Waals surface area (Å²) < 4.78 is 13.4. The Hall–Kier alpha value is -2.42. The van der Waals surface area contributed by atoms with Crippen LogP contribution in [0.5, 0.6) is 0 Å². The minimum absolute atomic E-state index is 0.206. The van der Waals surface area contributed by atoms with Gasteiger partial charge in [0, 0.05) is 17.5 Å². The van der Waals surface area contributed by atoms with Gasteiger partial charge in [-0.3, -0.25) is 4.98 Å². The Labute approximate surface area is 110 Å². The van der Waals surface area contributed by atoms with Gasteiger partial charge in [0.15, 0.2) is 0 Å². The van der Waals surface area contributed by atoms with Crippen LogP contribution in [0.15, 0.2) is 54.6 Å². The van der Waals surface area contributed by atoms with E-state index in [1.807, 2.05) is 42.5 Å². The van der Waals surface area contributed by atoms with Gasteiger partial charge < -0.3 is 5.73 Å². The second-order valence-corrected chi connectivity index (χ2v) is 4.48. The molecule has 0 amide bonds. The van der Waals surface area contributed by atoms with Crippen LogP contribution >= 0.6 is 0 Å². The number of rotatable bonds is 2. The number of hydrogen-bond donors (Lipinski definition) is 1. The van der Waals surface area contributed by atoms with Gasteiger partial charge in [-0.05, 0) is 23.8 Å². The number of halogens is 1. The van der Waals surface area contributed by atoms with E-state index in [4.69, 9.17) is 5.73 Å². The molecule has 1 heterocycles. The molecule has 2 nitrogen and oxygen atoms in total. The third-order valence-corrected chi connectivity index (χ3v) is 3.17. The van der Waals surface area contributed by atoms with Crippen LogP contribution in [0.3, 0.4) is 0 Å². The van der Waals surface area contributed by atoms with Gasteiger partial charge in [-0.15, -0.1) is 0 Å². The molecule has 0 atom stereocenters. The average Bonchev–Trinajstić information content (AvgIpc) is 2.44. The van der Waals surface area contributed by atoms with Gasteiger partial charge in [0.2, 0.25) is 0 Å². The molecule has 3 rings (SSSR count). The standard InChI is InChI=1S/C16H13FN2/c17-14-6-3-5-12(16(14)18)10-13-9-8-11-4-1-2-7-15(11)19-13/h1-9H,10,18H2. The van der Waals surface area contributed by atoms with Crippen molar-refractivity contribution in [1.82, 2.24) is 4.98 Å². The lowest BCUT2D eigenvalue weighted by Crippen LogP contribution is -2.00. The van der Waals surface area contributed by atoms with Crippen LogP contribution in [0, 0.1) is 5.82 Å². The number of nitrogen functional groups attached to an aromatic ring is 1. The van der Waals surface area contributed by atoms with Crippen molar-refractivity contribution in [2.45, 2.75) is 6.42 Å². The Balaban J connectivity index is 1.99. The lowest BCUT2D eigenvalue weighted by molar-refractivity contribution is 0.631. The summed E-state index contributed by atoms with van der Waals surface area (Å²) in [6.07, 6.45) is 0.536. The van der Waals surface area contributed by atoms with E-state index in [1.165, 1.54) is 6.07 Å². The SMILES string of the molecule is Nc1c(F)cccc1Cc1ccc2ccccc2n1. The summed E-state index contributed by atoms with van der Waals surface area (Å²) in [5.74, 6) is -0.377. The molecule has 0 radical (unpaired) electrons. The van der Waals surface area contributed by atoms with Crippen molar-refractivity contribution in [3.05, 3.63) is 71.7 Å². The Kier molecular flexibility index (Phi) is 2.88.